The Balaban J connectivity index is 2.76. The Hall–Kier alpha value is -1.34. The van der Waals surface area contributed by atoms with Crippen molar-refractivity contribution in [2.75, 3.05) is 0 Å². The molecule has 0 fully saturated rings. The lowest BCUT2D eigenvalue weighted by atomic mass is 10.4. The van der Waals surface area contributed by atoms with Crippen LogP contribution in [-0.4, -0.2) is 19.3 Å². The molecule has 7 heteroatoms. The molecule has 66 valence electrons. The molecule has 0 saturated heterocycles. The summed E-state index contributed by atoms with van der Waals surface area (Å²) in [5, 5.41) is 4.57. The molecule has 0 aliphatic heterocycles. The lowest BCUT2D eigenvalue weighted by Crippen LogP contribution is -2.36. The van der Waals surface area contributed by atoms with E-state index in [9.17, 15) is 13.2 Å². The van der Waals surface area contributed by atoms with Gasteiger partial charge in [0.1, 0.15) is 5.69 Å². The van der Waals surface area contributed by atoms with Gasteiger partial charge in [0.25, 0.3) is 16.1 Å². The number of nitrogens with one attached hydrogen (secondary N) is 2. The third kappa shape index (κ3) is 2.36. The Bertz CT molecular complexity index is 367. The van der Waals surface area contributed by atoms with Crippen molar-refractivity contribution >= 4 is 16.1 Å². The number of H-pyrrole nitrogens is 1. The first kappa shape index (κ1) is 8.75. The summed E-state index contributed by atoms with van der Waals surface area (Å²) >= 11 is 0. The largest absolute Gasteiger partial charge is 0.357 e. The first-order valence-corrected chi connectivity index (χ1v) is 4.52. The van der Waals surface area contributed by atoms with Crippen molar-refractivity contribution in [3.63, 3.8) is 0 Å². The minimum Gasteiger partial charge on any atom is -0.357 e. The van der Waals surface area contributed by atoms with E-state index in [4.69, 9.17) is 0 Å². The molecule has 0 aliphatic rings. The van der Waals surface area contributed by atoms with Crippen LogP contribution < -0.4 is 9.86 Å². The van der Waals surface area contributed by atoms with Crippen LogP contribution in [0.15, 0.2) is 18.3 Å². The topological polar surface area (TPSA) is 105 Å². The van der Waals surface area contributed by atoms with Gasteiger partial charge in [0, 0.05) is 6.20 Å². The van der Waals surface area contributed by atoms with Gasteiger partial charge in [-0.2, -0.15) is 8.42 Å². The normalized spacial score (nSPS) is 11.1. The zero-order chi connectivity index (χ0) is 9.19. The van der Waals surface area contributed by atoms with Crippen molar-refractivity contribution in [1.82, 2.24) is 9.71 Å². The number of hydrogen-bond donors (Lipinski definition) is 3. The number of rotatable bonds is 2. The van der Waals surface area contributed by atoms with Crippen LogP contribution >= 0.6 is 0 Å². The summed E-state index contributed by atoms with van der Waals surface area (Å²) in [5.41, 5.74) is 0.143. The first-order valence-electron chi connectivity index (χ1n) is 2.97. The molecule has 6 nitrogen and oxygen atoms in total. The second-order valence-corrected chi connectivity index (χ2v) is 3.35. The highest BCUT2D eigenvalue weighted by Gasteiger charge is 2.10. The number of carbonyl (C=O) groups excluding carboxylic acids is 1. The van der Waals surface area contributed by atoms with Crippen LogP contribution in [0.4, 0.5) is 0 Å². The zero-order valence-electron chi connectivity index (χ0n) is 5.94. The Morgan fingerprint density at radius 1 is 1.58 bits per heavy atom. The van der Waals surface area contributed by atoms with Gasteiger partial charge in [-0.05, 0) is 12.1 Å². The highest BCUT2D eigenvalue weighted by molar-refractivity contribution is 7.87. The quantitative estimate of drug-likeness (QED) is 0.552. The van der Waals surface area contributed by atoms with Crippen molar-refractivity contribution in [3.05, 3.63) is 24.0 Å². The van der Waals surface area contributed by atoms with Crippen LogP contribution in [0.3, 0.4) is 0 Å². The highest BCUT2D eigenvalue weighted by Crippen LogP contribution is 1.93. The van der Waals surface area contributed by atoms with E-state index in [1.54, 1.807) is 10.8 Å². The van der Waals surface area contributed by atoms with E-state index >= 15 is 0 Å². The van der Waals surface area contributed by atoms with Crippen LogP contribution in [-0.2, 0) is 10.2 Å². The number of aromatic amines is 1. The third-order valence-corrected chi connectivity index (χ3v) is 1.55. The maximum atomic E-state index is 10.9. The molecule has 0 aliphatic carbocycles. The van der Waals surface area contributed by atoms with Crippen molar-refractivity contribution in [3.8, 4) is 0 Å². The number of carbonyl (C=O) groups is 1. The van der Waals surface area contributed by atoms with Gasteiger partial charge in [0.05, 0.1) is 0 Å². The van der Waals surface area contributed by atoms with E-state index in [2.05, 4.69) is 10.1 Å². The molecule has 1 amide bonds. The van der Waals surface area contributed by atoms with Crippen LogP contribution in [0.25, 0.3) is 0 Å². The van der Waals surface area contributed by atoms with E-state index < -0.39 is 16.1 Å². The summed E-state index contributed by atoms with van der Waals surface area (Å²) in [4.78, 5) is 13.4. The summed E-state index contributed by atoms with van der Waals surface area (Å²) in [6.07, 6.45) is 1.50. The Morgan fingerprint density at radius 3 is 2.67 bits per heavy atom. The van der Waals surface area contributed by atoms with Gasteiger partial charge in [-0.3, -0.25) is 4.79 Å². The van der Waals surface area contributed by atoms with Gasteiger partial charge in [0.15, 0.2) is 0 Å². The van der Waals surface area contributed by atoms with Crippen molar-refractivity contribution in [1.29, 1.82) is 0 Å². The van der Waals surface area contributed by atoms with Gasteiger partial charge in [-0.15, -0.1) is 0 Å². The molecule has 1 aromatic heterocycles. The van der Waals surface area contributed by atoms with Gasteiger partial charge in [-0.25, -0.2) is 9.86 Å². The van der Waals surface area contributed by atoms with E-state index in [-0.39, 0.29) is 5.69 Å². The summed E-state index contributed by atoms with van der Waals surface area (Å²) in [6.45, 7) is 0. The fourth-order valence-electron chi connectivity index (χ4n) is 0.656. The zero-order valence-corrected chi connectivity index (χ0v) is 6.76. The maximum Gasteiger partial charge on any atom is 0.299 e. The van der Waals surface area contributed by atoms with E-state index in [0.29, 0.717) is 0 Å². The lowest BCUT2D eigenvalue weighted by molar-refractivity contribution is 0.0977. The SMILES string of the molecule is NS(=O)(=O)NC(=O)c1ccc[nH]1. The average Bonchev–Trinajstić information content (AvgIpc) is 2.32. The first-order chi connectivity index (χ1) is 5.49. The van der Waals surface area contributed by atoms with Gasteiger partial charge < -0.3 is 4.98 Å². The van der Waals surface area contributed by atoms with Crippen LogP contribution in [0, 0.1) is 0 Å². The van der Waals surface area contributed by atoms with Crippen molar-refractivity contribution in [2.45, 2.75) is 0 Å². The van der Waals surface area contributed by atoms with Gasteiger partial charge >= 0.3 is 0 Å². The molecule has 12 heavy (non-hydrogen) atoms. The third-order valence-electron chi connectivity index (χ3n) is 1.08. The maximum absolute atomic E-state index is 10.9. The minimum atomic E-state index is -3.97. The van der Waals surface area contributed by atoms with E-state index in [1.807, 2.05) is 0 Å². The number of amides is 1. The Morgan fingerprint density at radius 2 is 2.25 bits per heavy atom. The second-order valence-electron chi connectivity index (χ2n) is 2.06. The average molecular weight is 189 g/mol. The molecule has 0 atom stereocenters. The predicted octanol–water partition coefficient (Wildman–Crippen LogP) is -1.05. The summed E-state index contributed by atoms with van der Waals surface area (Å²) in [6, 6.07) is 3.00. The van der Waals surface area contributed by atoms with Crippen LogP contribution in [0.5, 0.6) is 0 Å². The molecule has 0 saturated carbocycles. The molecule has 1 aromatic rings. The fourth-order valence-corrected chi connectivity index (χ4v) is 1.02. The monoisotopic (exact) mass is 189 g/mol. The second kappa shape index (κ2) is 2.95. The molecule has 0 aromatic carbocycles. The van der Waals surface area contributed by atoms with E-state index in [1.165, 1.54) is 12.3 Å². The minimum absolute atomic E-state index is 0.143. The molecule has 0 bridgehead atoms. The smallest absolute Gasteiger partial charge is 0.299 e. The number of hydrogen-bond acceptors (Lipinski definition) is 3. The fraction of sp³-hybridized carbons (Fsp3) is 0. The van der Waals surface area contributed by atoms with Crippen molar-refractivity contribution < 1.29 is 13.2 Å². The highest BCUT2D eigenvalue weighted by atomic mass is 32.2. The number of nitrogens with two attached hydrogens (primary N) is 1. The molecule has 0 spiro atoms. The molecular formula is C5H7N3O3S. The molecule has 1 heterocycles. The van der Waals surface area contributed by atoms with Crippen LogP contribution in [0.2, 0.25) is 0 Å². The number of aromatic nitrogens is 1. The molecule has 1 rings (SSSR count). The van der Waals surface area contributed by atoms with Crippen molar-refractivity contribution in [2.24, 2.45) is 5.14 Å². The Labute approximate surface area is 69.0 Å². The van der Waals surface area contributed by atoms with Gasteiger partial charge in [0.2, 0.25) is 0 Å². The van der Waals surface area contributed by atoms with Crippen LogP contribution in [0.1, 0.15) is 10.5 Å². The molecule has 4 N–H and O–H groups in total. The van der Waals surface area contributed by atoms with E-state index in [0.717, 1.165) is 0 Å². The summed E-state index contributed by atoms with van der Waals surface area (Å²) in [7, 11) is -3.97. The predicted molar refractivity (Wildman–Crippen MR) is 41.4 cm³/mol. The molecule has 0 radical (unpaired) electrons. The summed E-state index contributed by atoms with van der Waals surface area (Å²) in [5.74, 6) is -0.775. The molecule has 0 unspecified atom stereocenters. The molecular weight excluding hydrogens is 182 g/mol. The van der Waals surface area contributed by atoms with Gasteiger partial charge in [-0.1, -0.05) is 0 Å². The standard InChI is InChI=1S/C5H7N3O3S/c6-12(10,11)8-5(9)4-2-1-3-7-4/h1-3,7H,(H,8,9)(H2,6,10,11). The summed E-state index contributed by atoms with van der Waals surface area (Å²) < 4.78 is 22.3. The Kier molecular flexibility index (Phi) is 2.15. The lowest BCUT2D eigenvalue weighted by Gasteiger charge is -1.98.